The van der Waals surface area contributed by atoms with E-state index < -0.39 is 0 Å². The summed E-state index contributed by atoms with van der Waals surface area (Å²) in [6, 6.07) is 6.95. The second-order valence-electron chi connectivity index (χ2n) is 5.66. The fraction of sp³-hybridized carbons (Fsp3) is 0.571. The molecule has 5 nitrogen and oxygen atoms in total. The van der Waals surface area contributed by atoms with Gasteiger partial charge in [-0.2, -0.15) is 0 Å². The van der Waals surface area contributed by atoms with Crippen LogP contribution in [0.4, 0.5) is 5.69 Å². The van der Waals surface area contributed by atoms with Crippen LogP contribution in [0.1, 0.15) is 24.8 Å². The Morgan fingerprint density at radius 1 is 1.42 bits per heavy atom. The Hall–Kier alpha value is -1.46. The van der Waals surface area contributed by atoms with Crippen molar-refractivity contribution in [3.05, 3.63) is 39.9 Å². The van der Waals surface area contributed by atoms with Crippen LogP contribution in [0.15, 0.2) is 24.3 Å². The zero-order valence-corrected chi connectivity index (χ0v) is 10.7. The summed E-state index contributed by atoms with van der Waals surface area (Å²) in [5.41, 5.74) is 6.83. The molecule has 1 aromatic rings. The van der Waals surface area contributed by atoms with Crippen molar-refractivity contribution in [3.63, 3.8) is 0 Å². The van der Waals surface area contributed by atoms with Crippen LogP contribution >= 0.6 is 0 Å². The first-order valence-corrected chi connectivity index (χ1v) is 6.72. The van der Waals surface area contributed by atoms with Crippen LogP contribution in [0.2, 0.25) is 0 Å². The largest absolute Gasteiger partial charge is 0.374 e. The second-order valence-corrected chi connectivity index (χ2v) is 5.66. The molecule has 2 aliphatic rings. The van der Waals surface area contributed by atoms with Crippen LogP contribution in [0.5, 0.6) is 0 Å². The fourth-order valence-electron chi connectivity index (χ4n) is 3.58. The maximum atomic E-state index is 11.1. The molecule has 19 heavy (non-hydrogen) atoms. The van der Waals surface area contributed by atoms with E-state index in [4.69, 9.17) is 10.5 Å². The Morgan fingerprint density at radius 2 is 2.21 bits per heavy atom. The minimum absolute atomic E-state index is 0.116. The second kappa shape index (κ2) is 4.58. The summed E-state index contributed by atoms with van der Waals surface area (Å²) in [5, 5.41) is 11.1. The molecule has 0 aliphatic carbocycles. The topological polar surface area (TPSA) is 78.4 Å². The molecule has 1 aromatic carbocycles. The lowest BCUT2D eigenvalue weighted by molar-refractivity contribution is -0.385. The number of hydrogen-bond donors (Lipinski definition) is 1. The summed E-state index contributed by atoms with van der Waals surface area (Å²) in [5.74, 6) is 0. The predicted molar refractivity (Wildman–Crippen MR) is 70.8 cm³/mol. The van der Waals surface area contributed by atoms with Crippen LogP contribution in [-0.2, 0) is 11.2 Å². The lowest BCUT2D eigenvalue weighted by Gasteiger charge is -2.34. The molecule has 3 unspecified atom stereocenters. The van der Waals surface area contributed by atoms with Gasteiger partial charge in [0.05, 0.1) is 17.1 Å². The highest BCUT2D eigenvalue weighted by Gasteiger charge is 2.51. The first-order valence-electron chi connectivity index (χ1n) is 6.72. The molecule has 3 atom stereocenters. The van der Waals surface area contributed by atoms with Crippen molar-refractivity contribution in [3.8, 4) is 0 Å². The average Bonchev–Trinajstić information content (AvgIpc) is 3.00. The molecular weight excluding hydrogens is 244 g/mol. The third-order valence-corrected chi connectivity index (χ3v) is 4.56. The van der Waals surface area contributed by atoms with E-state index >= 15 is 0 Å². The lowest BCUT2D eigenvalue weighted by Crippen LogP contribution is -2.41. The van der Waals surface area contributed by atoms with Gasteiger partial charge in [-0.25, -0.2) is 0 Å². The van der Waals surface area contributed by atoms with Gasteiger partial charge in [0, 0.05) is 23.6 Å². The number of fused-ring (bicyclic) bond motifs is 2. The van der Waals surface area contributed by atoms with E-state index in [0.717, 1.165) is 24.8 Å². The molecule has 2 fully saturated rings. The van der Waals surface area contributed by atoms with Gasteiger partial charge < -0.3 is 10.5 Å². The summed E-state index contributed by atoms with van der Waals surface area (Å²) in [4.78, 5) is 10.8. The summed E-state index contributed by atoms with van der Waals surface area (Å²) < 4.78 is 5.90. The molecule has 3 rings (SSSR count). The Labute approximate surface area is 111 Å². The van der Waals surface area contributed by atoms with Crippen molar-refractivity contribution < 1.29 is 9.66 Å². The Bertz CT molecular complexity index is 505. The zero-order valence-electron chi connectivity index (χ0n) is 10.7. The first-order chi connectivity index (χ1) is 9.14. The van der Waals surface area contributed by atoms with Gasteiger partial charge in [-0.15, -0.1) is 0 Å². The van der Waals surface area contributed by atoms with E-state index in [2.05, 4.69) is 0 Å². The van der Waals surface area contributed by atoms with Crippen molar-refractivity contribution >= 4 is 5.69 Å². The number of para-hydroxylation sites is 1. The smallest absolute Gasteiger partial charge is 0.272 e. The highest BCUT2D eigenvalue weighted by atomic mass is 16.6. The average molecular weight is 262 g/mol. The van der Waals surface area contributed by atoms with Gasteiger partial charge >= 0.3 is 0 Å². The number of nitro benzene ring substituents is 1. The van der Waals surface area contributed by atoms with Crippen molar-refractivity contribution in [2.75, 3.05) is 6.54 Å². The number of benzene rings is 1. The molecule has 0 aromatic heterocycles. The summed E-state index contributed by atoms with van der Waals surface area (Å²) in [6.45, 7) is 0.528. The SMILES string of the molecule is NCC1(Cc2ccccc2[N+](=O)[O-])CC2CCC1O2. The normalized spacial score (nSPS) is 32.7. The summed E-state index contributed by atoms with van der Waals surface area (Å²) in [6.07, 6.45) is 4.17. The van der Waals surface area contributed by atoms with Crippen LogP contribution in [0.3, 0.4) is 0 Å². The van der Waals surface area contributed by atoms with E-state index in [1.807, 2.05) is 12.1 Å². The number of rotatable bonds is 4. The molecule has 0 spiro atoms. The number of ether oxygens (including phenoxy) is 1. The van der Waals surface area contributed by atoms with Gasteiger partial charge in [-0.1, -0.05) is 18.2 Å². The molecule has 0 amide bonds. The van der Waals surface area contributed by atoms with Crippen LogP contribution in [0, 0.1) is 15.5 Å². The molecule has 0 saturated carbocycles. The fourth-order valence-corrected chi connectivity index (χ4v) is 3.58. The molecule has 2 aliphatic heterocycles. The van der Waals surface area contributed by atoms with E-state index in [0.29, 0.717) is 19.1 Å². The quantitative estimate of drug-likeness (QED) is 0.665. The highest BCUT2D eigenvalue weighted by Crippen LogP contribution is 2.49. The van der Waals surface area contributed by atoms with Gasteiger partial charge in [-0.05, 0) is 25.7 Å². The Morgan fingerprint density at radius 3 is 2.79 bits per heavy atom. The Balaban J connectivity index is 1.90. The minimum atomic E-state index is -0.312. The number of nitrogens with two attached hydrogens (primary N) is 1. The van der Waals surface area contributed by atoms with Gasteiger partial charge in [-0.3, -0.25) is 10.1 Å². The zero-order chi connectivity index (χ0) is 13.5. The molecule has 0 radical (unpaired) electrons. The highest BCUT2D eigenvalue weighted by molar-refractivity contribution is 5.41. The van der Waals surface area contributed by atoms with E-state index in [1.165, 1.54) is 0 Å². The maximum Gasteiger partial charge on any atom is 0.272 e. The first kappa shape index (κ1) is 12.6. The van der Waals surface area contributed by atoms with Gasteiger partial charge in [0.2, 0.25) is 0 Å². The monoisotopic (exact) mass is 262 g/mol. The van der Waals surface area contributed by atoms with E-state index in [9.17, 15) is 10.1 Å². The van der Waals surface area contributed by atoms with Crippen molar-refractivity contribution in [2.45, 2.75) is 37.9 Å². The van der Waals surface area contributed by atoms with E-state index in [-0.39, 0.29) is 22.1 Å². The molecule has 2 N–H and O–H groups in total. The number of nitro groups is 1. The van der Waals surface area contributed by atoms with E-state index in [1.54, 1.807) is 12.1 Å². The van der Waals surface area contributed by atoms with Crippen LogP contribution in [-0.4, -0.2) is 23.7 Å². The third-order valence-electron chi connectivity index (χ3n) is 4.56. The molecule has 102 valence electrons. The standard InChI is InChI=1S/C14H18N2O3/c15-9-14(8-11-5-6-13(14)19-11)7-10-3-1-2-4-12(10)16(17)18/h1-4,11,13H,5-9,15H2. The number of nitrogens with zero attached hydrogens (tertiary/aromatic N) is 1. The number of hydrogen-bond acceptors (Lipinski definition) is 4. The Kier molecular flexibility index (Phi) is 3.03. The van der Waals surface area contributed by atoms with Gasteiger partial charge in [0.15, 0.2) is 0 Å². The van der Waals surface area contributed by atoms with Crippen molar-refractivity contribution in [1.29, 1.82) is 0 Å². The molecule has 2 saturated heterocycles. The third kappa shape index (κ3) is 2.03. The molecule has 5 heteroatoms. The molecular formula is C14H18N2O3. The van der Waals surface area contributed by atoms with Crippen LogP contribution < -0.4 is 5.73 Å². The lowest BCUT2D eigenvalue weighted by atomic mass is 9.70. The summed E-state index contributed by atoms with van der Waals surface area (Å²) >= 11 is 0. The van der Waals surface area contributed by atoms with Crippen molar-refractivity contribution in [2.24, 2.45) is 11.1 Å². The van der Waals surface area contributed by atoms with Gasteiger partial charge in [0.25, 0.3) is 5.69 Å². The van der Waals surface area contributed by atoms with Crippen LogP contribution in [0.25, 0.3) is 0 Å². The minimum Gasteiger partial charge on any atom is -0.374 e. The molecule has 2 bridgehead atoms. The maximum absolute atomic E-state index is 11.1. The predicted octanol–water partition coefficient (Wildman–Crippen LogP) is 2.03. The molecule has 2 heterocycles. The van der Waals surface area contributed by atoms with Gasteiger partial charge in [0.1, 0.15) is 0 Å². The van der Waals surface area contributed by atoms with Crippen molar-refractivity contribution in [1.82, 2.24) is 0 Å². The summed E-state index contributed by atoms with van der Waals surface area (Å²) in [7, 11) is 0.